The summed E-state index contributed by atoms with van der Waals surface area (Å²) >= 11 is 0. The zero-order chi connectivity index (χ0) is 12.8. The number of rotatable bonds is 5. The minimum atomic E-state index is 0.343. The first-order chi connectivity index (χ1) is 8.83. The maximum atomic E-state index is 10.8. The lowest BCUT2D eigenvalue weighted by Gasteiger charge is -2.07. The predicted octanol–water partition coefficient (Wildman–Crippen LogP) is 3.64. The molecule has 0 N–H and O–H groups in total. The second-order valence-corrected chi connectivity index (χ2v) is 4.01. The molecule has 2 aromatic rings. The number of carbonyl (C=O) groups excluding carboxylic acids is 1. The first-order valence-corrected chi connectivity index (χ1v) is 6.00. The van der Waals surface area contributed by atoms with Gasteiger partial charge in [-0.1, -0.05) is 25.5 Å². The summed E-state index contributed by atoms with van der Waals surface area (Å²) in [6.07, 6.45) is 4.53. The zero-order valence-corrected chi connectivity index (χ0v) is 10.3. The summed E-state index contributed by atoms with van der Waals surface area (Å²) in [5.41, 5.74) is 1.73. The molecule has 0 aliphatic carbocycles. The van der Waals surface area contributed by atoms with Crippen LogP contribution in [0.5, 0.6) is 11.6 Å². The lowest BCUT2D eigenvalue weighted by molar-refractivity contribution is 0.112. The van der Waals surface area contributed by atoms with Gasteiger partial charge in [0.05, 0.1) is 5.56 Å². The van der Waals surface area contributed by atoms with Crippen molar-refractivity contribution in [3.63, 3.8) is 0 Å². The number of carbonyl (C=O) groups is 1. The SMILES string of the molecule is CCCc1ccc(Oc2ncccc2C=O)cc1. The Labute approximate surface area is 106 Å². The fraction of sp³-hybridized carbons (Fsp3) is 0.200. The van der Waals surface area contributed by atoms with E-state index in [1.807, 2.05) is 24.3 Å². The van der Waals surface area contributed by atoms with Gasteiger partial charge in [-0.3, -0.25) is 4.79 Å². The smallest absolute Gasteiger partial charge is 0.229 e. The molecule has 0 bridgehead atoms. The minimum absolute atomic E-state index is 0.343. The fourth-order valence-electron chi connectivity index (χ4n) is 1.70. The standard InChI is InChI=1S/C15H15NO2/c1-2-4-12-6-8-14(9-7-12)18-15-13(11-17)5-3-10-16-15/h3,5-11H,2,4H2,1H3. The van der Waals surface area contributed by atoms with Crippen LogP contribution in [0.1, 0.15) is 29.3 Å². The van der Waals surface area contributed by atoms with E-state index in [0.717, 1.165) is 19.1 Å². The average molecular weight is 241 g/mol. The highest BCUT2D eigenvalue weighted by Crippen LogP contribution is 2.22. The molecule has 3 heteroatoms. The molecule has 0 spiro atoms. The van der Waals surface area contributed by atoms with Gasteiger partial charge in [-0.2, -0.15) is 0 Å². The van der Waals surface area contributed by atoms with Crippen LogP contribution in [0.15, 0.2) is 42.6 Å². The Balaban J connectivity index is 2.15. The summed E-state index contributed by atoms with van der Waals surface area (Å²) < 4.78 is 5.59. The zero-order valence-electron chi connectivity index (χ0n) is 10.3. The molecule has 3 nitrogen and oxygen atoms in total. The van der Waals surface area contributed by atoms with Crippen LogP contribution >= 0.6 is 0 Å². The van der Waals surface area contributed by atoms with Crippen LogP contribution in [0.2, 0.25) is 0 Å². The molecule has 0 amide bonds. The van der Waals surface area contributed by atoms with Crippen molar-refractivity contribution in [1.82, 2.24) is 4.98 Å². The van der Waals surface area contributed by atoms with Gasteiger partial charge in [0.2, 0.25) is 5.88 Å². The molecular formula is C15H15NO2. The highest BCUT2D eigenvalue weighted by Gasteiger charge is 2.04. The topological polar surface area (TPSA) is 39.2 Å². The van der Waals surface area contributed by atoms with E-state index < -0.39 is 0 Å². The van der Waals surface area contributed by atoms with Gasteiger partial charge in [0.1, 0.15) is 5.75 Å². The van der Waals surface area contributed by atoms with E-state index in [-0.39, 0.29) is 0 Å². The van der Waals surface area contributed by atoms with Crippen LogP contribution in [-0.2, 0) is 6.42 Å². The average Bonchev–Trinajstić information content (AvgIpc) is 2.42. The summed E-state index contributed by atoms with van der Waals surface area (Å²) in [5.74, 6) is 1.03. The Morgan fingerprint density at radius 1 is 1.22 bits per heavy atom. The molecule has 0 fully saturated rings. The van der Waals surface area contributed by atoms with Gasteiger partial charge in [0.25, 0.3) is 0 Å². The third-order valence-corrected chi connectivity index (χ3v) is 2.60. The highest BCUT2D eigenvalue weighted by atomic mass is 16.5. The fourth-order valence-corrected chi connectivity index (χ4v) is 1.70. The Kier molecular flexibility index (Phi) is 4.07. The van der Waals surface area contributed by atoms with Crippen molar-refractivity contribution in [2.75, 3.05) is 0 Å². The number of benzene rings is 1. The molecule has 2 rings (SSSR count). The van der Waals surface area contributed by atoms with Crippen LogP contribution < -0.4 is 4.74 Å². The third-order valence-electron chi connectivity index (χ3n) is 2.60. The van der Waals surface area contributed by atoms with Crippen molar-refractivity contribution < 1.29 is 9.53 Å². The Bertz CT molecular complexity index is 520. The van der Waals surface area contributed by atoms with E-state index >= 15 is 0 Å². The molecule has 1 aromatic heterocycles. The number of ether oxygens (including phenoxy) is 1. The quantitative estimate of drug-likeness (QED) is 0.750. The van der Waals surface area contributed by atoms with Crippen LogP contribution in [0.25, 0.3) is 0 Å². The molecule has 0 aliphatic heterocycles. The van der Waals surface area contributed by atoms with Crippen molar-refractivity contribution in [2.45, 2.75) is 19.8 Å². The maximum Gasteiger partial charge on any atom is 0.229 e. The van der Waals surface area contributed by atoms with Gasteiger partial charge in [-0.15, -0.1) is 0 Å². The molecule has 18 heavy (non-hydrogen) atoms. The van der Waals surface area contributed by atoms with Crippen LogP contribution in [-0.4, -0.2) is 11.3 Å². The molecule has 0 saturated heterocycles. The number of aldehydes is 1. The van der Waals surface area contributed by atoms with Gasteiger partial charge >= 0.3 is 0 Å². The molecule has 1 aromatic carbocycles. The number of hydrogen-bond acceptors (Lipinski definition) is 3. The normalized spacial score (nSPS) is 10.1. The van der Waals surface area contributed by atoms with Gasteiger partial charge in [-0.25, -0.2) is 4.98 Å². The van der Waals surface area contributed by atoms with E-state index in [1.54, 1.807) is 18.3 Å². The van der Waals surface area contributed by atoms with Gasteiger partial charge in [-0.05, 0) is 36.2 Å². The Morgan fingerprint density at radius 3 is 2.67 bits per heavy atom. The molecule has 0 saturated carbocycles. The first kappa shape index (κ1) is 12.3. The molecule has 1 heterocycles. The van der Waals surface area contributed by atoms with Crippen molar-refractivity contribution in [2.24, 2.45) is 0 Å². The van der Waals surface area contributed by atoms with Gasteiger partial charge in [0, 0.05) is 6.20 Å². The molecule has 0 unspecified atom stereocenters. The molecule has 0 aliphatic rings. The summed E-state index contributed by atoms with van der Waals surface area (Å²) in [7, 11) is 0. The molecular weight excluding hydrogens is 226 g/mol. The second-order valence-electron chi connectivity index (χ2n) is 4.01. The monoisotopic (exact) mass is 241 g/mol. The molecule has 92 valence electrons. The maximum absolute atomic E-state index is 10.8. The first-order valence-electron chi connectivity index (χ1n) is 6.00. The summed E-state index contributed by atoms with van der Waals surface area (Å²) in [6.45, 7) is 2.15. The molecule has 0 atom stereocenters. The van der Waals surface area contributed by atoms with Crippen molar-refractivity contribution in [3.8, 4) is 11.6 Å². The summed E-state index contributed by atoms with van der Waals surface area (Å²) in [6, 6.07) is 11.2. The number of aromatic nitrogens is 1. The Morgan fingerprint density at radius 2 is 2.00 bits per heavy atom. The van der Waals surface area contributed by atoms with Gasteiger partial charge in [0.15, 0.2) is 6.29 Å². The number of aryl methyl sites for hydroxylation is 1. The van der Waals surface area contributed by atoms with Crippen molar-refractivity contribution in [1.29, 1.82) is 0 Å². The van der Waals surface area contributed by atoms with Gasteiger partial charge < -0.3 is 4.74 Å². The summed E-state index contributed by atoms with van der Waals surface area (Å²) in [4.78, 5) is 14.9. The summed E-state index contributed by atoms with van der Waals surface area (Å²) in [5, 5.41) is 0. The van der Waals surface area contributed by atoms with E-state index in [4.69, 9.17) is 4.74 Å². The lowest BCUT2D eigenvalue weighted by Crippen LogP contribution is -1.93. The predicted molar refractivity (Wildman–Crippen MR) is 70.1 cm³/mol. The van der Waals surface area contributed by atoms with E-state index in [9.17, 15) is 4.79 Å². The van der Waals surface area contributed by atoms with E-state index in [1.165, 1.54) is 5.56 Å². The molecule has 0 radical (unpaired) electrons. The highest BCUT2D eigenvalue weighted by molar-refractivity contribution is 5.78. The van der Waals surface area contributed by atoms with Crippen LogP contribution in [0.3, 0.4) is 0 Å². The third kappa shape index (κ3) is 2.94. The van der Waals surface area contributed by atoms with Crippen molar-refractivity contribution >= 4 is 6.29 Å². The van der Waals surface area contributed by atoms with Crippen LogP contribution in [0, 0.1) is 0 Å². The minimum Gasteiger partial charge on any atom is -0.438 e. The Hall–Kier alpha value is -2.16. The lowest BCUT2D eigenvalue weighted by atomic mass is 10.1. The number of nitrogens with zero attached hydrogens (tertiary/aromatic N) is 1. The number of hydrogen-bond donors (Lipinski definition) is 0. The number of pyridine rings is 1. The van der Waals surface area contributed by atoms with E-state index in [2.05, 4.69) is 11.9 Å². The largest absolute Gasteiger partial charge is 0.438 e. The second kappa shape index (κ2) is 5.96. The van der Waals surface area contributed by atoms with Crippen LogP contribution in [0.4, 0.5) is 0 Å². The van der Waals surface area contributed by atoms with E-state index in [0.29, 0.717) is 17.2 Å². The van der Waals surface area contributed by atoms with Crippen molar-refractivity contribution in [3.05, 3.63) is 53.7 Å².